The summed E-state index contributed by atoms with van der Waals surface area (Å²) in [4.78, 5) is 6.85. The molecule has 0 radical (unpaired) electrons. The third kappa shape index (κ3) is 5.71. The van der Waals surface area contributed by atoms with Crippen molar-refractivity contribution in [2.24, 2.45) is 16.8 Å². The van der Waals surface area contributed by atoms with Crippen LogP contribution in [-0.2, 0) is 16.6 Å². The third-order valence-electron chi connectivity index (χ3n) is 5.19. The topological polar surface area (TPSA) is 73.8 Å². The van der Waals surface area contributed by atoms with E-state index in [4.69, 9.17) is 0 Å². The lowest BCUT2D eigenvalue weighted by Gasteiger charge is -2.31. The van der Waals surface area contributed by atoms with Crippen molar-refractivity contribution in [3.63, 3.8) is 0 Å². The molecule has 0 bridgehead atoms. The molecule has 26 heavy (non-hydrogen) atoms. The highest BCUT2D eigenvalue weighted by Gasteiger charge is 2.20. The van der Waals surface area contributed by atoms with Crippen LogP contribution in [-0.4, -0.2) is 47.0 Å². The molecule has 0 heterocycles. The smallest absolute Gasteiger partial charge is 0.240 e. The molecule has 7 heteroatoms. The van der Waals surface area contributed by atoms with Crippen LogP contribution in [0.1, 0.15) is 38.2 Å². The maximum absolute atomic E-state index is 11.8. The second-order valence-electron chi connectivity index (χ2n) is 7.26. The number of nitrogens with zero attached hydrogens (tertiary/aromatic N) is 2. The fourth-order valence-corrected chi connectivity index (χ4v) is 4.19. The molecule has 1 saturated carbocycles. The van der Waals surface area contributed by atoms with E-state index in [1.165, 1.54) is 32.7 Å². The van der Waals surface area contributed by atoms with E-state index in [1.807, 2.05) is 12.1 Å². The molecule has 1 aliphatic rings. The molecule has 1 fully saturated rings. The lowest BCUT2D eigenvalue weighted by Crippen LogP contribution is -2.41. The Kier molecular flexibility index (Phi) is 7.46. The summed E-state index contributed by atoms with van der Waals surface area (Å²) in [7, 11) is 1.90. The summed E-state index contributed by atoms with van der Waals surface area (Å²) in [6.45, 7) is 3.97. The molecule has 0 aromatic heterocycles. The fraction of sp³-hybridized carbons (Fsp3) is 0.632. The van der Waals surface area contributed by atoms with Crippen LogP contribution in [0.2, 0.25) is 0 Å². The van der Waals surface area contributed by atoms with Gasteiger partial charge >= 0.3 is 0 Å². The summed E-state index contributed by atoms with van der Waals surface area (Å²) >= 11 is 0. The van der Waals surface area contributed by atoms with Gasteiger partial charge in [0, 0.05) is 27.2 Å². The molecule has 0 aliphatic heterocycles. The van der Waals surface area contributed by atoms with Gasteiger partial charge in [-0.2, -0.15) is 0 Å². The lowest BCUT2D eigenvalue weighted by atomic mass is 9.83. The van der Waals surface area contributed by atoms with Crippen molar-refractivity contribution < 1.29 is 8.42 Å². The van der Waals surface area contributed by atoms with Gasteiger partial charge < -0.3 is 10.2 Å². The third-order valence-corrected chi connectivity index (χ3v) is 6.62. The molecule has 2 N–H and O–H groups in total. The Bertz CT molecular complexity index is 693. The van der Waals surface area contributed by atoms with Crippen LogP contribution < -0.4 is 10.0 Å². The van der Waals surface area contributed by atoms with E-state index >= 15 is 0 Å². The average Bonchev–Trinajstić information content (AvgIpc) is 2.64. The zero-order chi connectivity index (χ0) is 19.2. The molecule has 2 rings (SSSR count). The minimum atomic E-state index is -3.39. The molecular weight excluding hydrogens is 348 g/mol. The van der Waals surface area contributed by atoms with Crippen molar-refractivity contribution in [1.82, 2.24) is 14.9 Å². The van der Waals surface area contributed by atoms with Gasteiger partial charge in [0.15, 0.2) is 5.96 Å². The Morgan fingerprint density at radius 1 is 1.19 bits per heavy atom. The molecule has 146 valence electrons. The highest BCUT2D eigenvalue weighted by Crippen LogP contribution is 2.28. The first-order chi connectivity index (χ1) is 12.4. The maximum atomic E-state index is 11.8. The van der Waals surface area contributed by atoms with Gasteiger partial charge in [-0.1, -0.05) is 31.9 Å². The van der Waals surface area contributed by atoms with Crippen molar-refractivity contribution in [2.45, 2.75) is 44.0 Å². The largest absolute Gasteiger partial charge is 0.352 e. The molecule has 1 aliphatic carbocycles. The van der Waals surface area contributed by atoms with Gasteiger partial charge in [0.2, 0.25) is 10.0 Å². The number of rotatable bonds is 6. The molecule has 0 saturated heterocycles. The summed E-state index contributed by atoms with van der Waals surface area (Å²) < 4.78 is 25.9. The van der Waals surface area contributed by atoms with Crippen LogP contribution >= 0.6 is 0 Å². The predicted octanol–water partition coefficient (Wildman–Crippen LogP) is 2.43. The number of guanidine groups is 1. The maximum Gasteiger partial charge on any atom is 0.240 e. The van der Waals surface area contributed by atoms with Crippen LogP contribution in [0.4, 0.5) is 0 Å². The van der Waals surface area contributed by atoms with Gasteiger partial charge in [-0.15, -0.1) is 0 Å². The summed E-state index contributed by atoms with van der Waals surface area (Å²) in [5, 5.41) is 3.37. The second kappa shape index (κ2) is 9.37. The molecule has 0 unspecified atom stereocenters. The quantitative estimate of drug-likeness (QED) is 0.587. The van der Waals surface area contributed by atoms with E-state index < -0.39 is 10.0 Å². The van der Waals surface area contributed by atoms with Crippen LogP contribution in [0.5, 0.6) is 0 Å². The molecule has 1 aromatic rings. The van der Waals surface area contributed by atoms with Gasteiger partial charge in [-0.25, -0.2) is 13.1 Å². The van der Waals surface area contributed by atoms with Crippen LogP contribution in [0.3, 0.4) is 0 Å². The Balaban J connectivity index is 1.88. The van der Waals surface area contributed by atoms with E-state index in [2.05, 4.69) is 33.9 Å². The number of aliphatic imine (C=N–C) groups is 1. The van der Waals surface area contributed by atoms with E-state index in [9.17, 15) is 8.42 Å². The lowest BCUT2D eigenvalue weighted by molar-refractivity contribution is 0.250. The zero-order valence-corrected chi connectivity index (χ0v) is 17.1. The second-order valence-corrected chi connectivity index (χ2v) is 9.15. The highest BCUT2D eigenvalue weighted by atomic mass is 32.2. The molecule has 0 amide bonds. The summed E-state index contributed by atoms with van der Waals surface area (Å²) in [6, 6.07) is 6.90. The molecule has 0 spiro atoms. The Morgan fingerprint density at radius 2 is 1.81 bits per heavy atom. The zero-order valence-electron chi connectivity index (χ0n) is 16.3. The van der Waals surface area contributed by atoms with E-state index in [1.54, 1.807) is 19.2 Å². The number of benzene rings is 1. The molecular formula is C19H32N4O2S. The SMILES string of the molecule is CN=C(NCc1ccc(S(=O)(=O)NC)cc1)N(C)CC1CCC(C)CC1. The van der Waals surface area contributed by atoms with Crippen molar-refractivity contribution in [3.05, 3.63) is 29.8 Å². The van der Waals surface area contributed by atoms with Gasteiger partial charge in [0.25, 0.3) is 0 Å². The standard InChI is InChI=1S/C19H32N4O2S/c1-15-5-7-17(8-6-15)14-23(4)19(20-2)22-13-16-9-11-18(12-10-16)26(24,25)21-3/h9-12,15,17,21H,5-8,13-14H2,1-4H3,(H,20,22). The molecule has 0 atom stereocenters. The normalized spacial score (nSPS) is 21.5. The van der Waals surface area contributed by atoms with E-state index in [-0.39, 0.29) is 4.90 Å². The predicted molar refractivity (Wildman–Crippen MR) is 107 cm³/mol. The highest BCUT2D eigenvalue weighted by molar-refractivity contribution is 7.89. The Morgan fingerprint density at radius 3 is 2.35 bits per heavy atom. The van der Waals surface area contributed by atoms with Crippen molar-refractivity contribution in [3.8, 4) is 0 Å². The first-order valence-electron chi connectivity index (χ1n) is 9.30. The fourth-order valence-electron chi connectivity index (χ4n) is 3.46. The Hall–Kier alpha value is -1.60. The Labute approximate surface area is 158 Å². The number of sulfonamides is 1. The minimum Gasteiger partial charge on any atom is -0.352 e. The van der Waals surface area contributed by atoms with Crippen LogP contribution in [0, 0.1) is 11.8 Å². The van der Waals surface area contributed by atoms with Gasteiger partial charge in [-0.3, -0.25) is 4.99 Å². The number of nitrogens with one attached hydrogen (secondary N) is 2. The monoisotopic (exact) mass is 380 g/mol. The number of hydrogen-bond acceptors (Lipinski definition) is 3. The first-order valence-corrected chi connectivity index (χ1v) is 10.8. The average molecular weight is 381 g/mol. The van der Waals surface area contributed by atoms with E-state index in [0.717, 1.165) is 29.9 Å². The van der Waals surface area contributed by atoms with Crippen molar-refractivity contribution in [2.75, 3.05) is 27.7 Å². The van der Waals surface area contributed by atoms with Crippen molar-refractivity contribution in [1.29, 1.82) is 0 Å². The number of hydrogen-bond donors (Lipinski definition) is 2. The van der Waals surface area contributed by atoms with Crippen molar-refractivity contribution >= 4 is 16.0 Å². The van der Waals surface area contributed by atoms with Gasteiger partial charge in [0.1, 0.15) is 0 Å². The molecule has 6 nitrogen and oxygen atoms in total. The first kappa shape index (κ1) is 20.7. The van der Waals surface area contributed by atoms with Crippen LogP contribution in [0.25, 0.3) is 0 Å². The van der Waals surface area contributed by atoms with Gasteiger partial charge in [-0.05, 0) is 49.4 Å². The summed E-state index contributed by atoms with van der Waals surface area (Å²) in [5.41, 5.74) is 1.01. The summed E-state index contributed by atoms with van der Waals surface area (Å²) in [6.07, 6.45) is 5.24. The summed E-state index contributed by atoms with van der Waals surface area (Å²) in [5.74, 6) is 2.47. The van der Waals surface area contributed by atoms with Gasteiger partial charge in [0.05, 0.1) is 4.90 Å². The minimum absolute atomic E-state index is 0.275. The van der Waals surface area contributed by atoms with Crippen LogP contribution in [0.15, 0.2) is 34.2 Å². The van der Waals surface area contributed by atoms with E-state index in [0.29, 0.717) is 6.54 Å². The molecule has 1 aromatic carbocycles.